The summed E-state index contributed by atoms with van der Waals surface area (Å²) >= 11 is 0. The summed E-state index contributed by atoms with van der Waals surface area (Å²) in [5, 5.41) is 0. The molecule has 204 valence electrons. The van der Waals surface area contributed by atoms with Crippen molar-refractivity contribution in [2.45, 2.75) is 57.4 Å². The van der Waals surface area contributed by atoms with Crippen molar-refractivity contribution >= 4 is 0 Å². The Bertz CT molecular complexity index is 1080. The lowest BCUT2D eigenvalue weighted by Gasteiger charge is -2.38. The Balaban J connectivity index is 1.59. The Morgan fingerprint density at radius 2 is 1.00 bits per heavy atom. The van der Waals surface area contributed by atoms with Gasteiger partial charge in [-0.1, -0.05) is 121 Å². The first-order valence-corrected chi connectivity index (χ1v) is 13.8. The smallest absolute Gasteiger partial charge is 0.172 e. The molecule has 0 spiro atoms. The first kappa shape index (κ1) is 28.7. The molecule has 0 aromatic heterocycles. The molecule has 2 atom stereocenters. The number of ether oxygens (including phenoxy) is 3. The van der Waals surface area contributed by atoms with Crippen LogP contribution in [0.5, 0.6) is 0 Å². The van der Waals surface area contributed by atoms with Crippen LogP contribution in [0.3, 0.4) is 0 Å². The standard InChI is InChI=1S/C35H41NO3/c1-37-35(38-2)34(36(26-30-17-9-4-10-18-30)27-31-19-11-5-12-20-31)25-33(24-23-29-15-7-3-8-16-29)39-28-32-21-13-6-14-22-32/h3-22,33-35H,23-28H2,1-2H3/t33-,34-/m1/s1. The summed E-state index contributed by atoms with van der Waals surface area (Å²) in [7, 11) is 3.46. The zero-order valence-electron chi connectivity index (χ0n) is 23.2. The lowest BCUT2D eigenvalue weighted by atomic mass is 9.98. The van der Waals surface area contributed by atoms with Crippen LogP contribution in [0.25, 0.3) is 0 Å². The molecular formula is C35H41NO3. The first-order valence-electron chi connectivity index (χ1n) is 13.8. The van der Waals surface area contributed by atoms with Crippen LogP contribution in [0.2, 0.25) is 0 Å². The van der Waals surface area contributed by atoms with Crippen LogP contribution in [-0.4, -0.2) is 37.6 Å². The van der Waals surface area contributed by atoms with Gasteiger partial charge in [0.15, 0.2) is 6.29 Å². The minimum Gasteiger partial charge on any atom is -0.373 e. The van der Waals surface area contributed by atoms with E-state index in [1.165, 1.54) is 22.3 Å². The molecule has 0 unspecified atom stereocenters. The summed E-state index contributed by atoms with van der Waals surface area (Å²) in [6.45, 7) is 2.15. The van der Waals surface area contributed by atoms with E-state index in [0.717, 1.165) is 32.4 Å². The summed E-state index contributed by atoms with van der Waals surface area (Å²) in [4.78, 5) is 2.48. The summed E-state index contributed by atoms with van der Waals surface area (Å²) in [5.74, 6) is 0. The van der Waals surface area contributed by atoms with Gasteiger partial charge < -0.3 is 14.2 Å². The second-order valence-electron chi connectivity index (χ2n) is 9.96. The molecule has 4 aromatic rings. The first-order chi connectivity index (χ1) is 19.2. The lowest BCUT2D eigenvalue weighted by Crippen LogP contribution is -2.47. The van der Waals surface area contributed by atoms with Crippen molar-refractivity contribution in [3.05, 3.63) is 144 Å². The number of hydrogen-bond donors (Lipinski definition) is 0. The third-order valence-corrected chi connectivity index (χ3v) is 7.14. The molecule has 0 aliphatic heterocycles. The van der Waals surface area contributed by atoms with Crippen molar-refractivity contribution in [3.63, 3.8) is 0 Å². The topological polar surface area (TPSA) is 30.9 Å². The molecule has 0 N–H and O–H groups in total. The number of hydrogen-bond acceptors (Lipinski definition) is 4. The van der Waals surface area contributed by atoms with Crippen LogP contribution in [0.1, 0.15) is 35.1 Å². The highest BCUT2D eigenvalue weighted by molar-refractivity contribution is 5.18. The molecule has 0 amide bonds. The minimum absolute atomic E-state index is 0.0167. The molecule has 0 heterocycles. The predicted octanol–water partition coefficient (Wildman–Crippen LogP) is 7.28. The van der Waals surface area contributed by atoms with E-state index in [1.54, 1.807) is 14.2 Å². The average Bonchev–Trinajstić information content (AvgIpc) is 3.00. The molecule has 4 rings (SSSR count). The van der Waals surface area contributed by atoms with Crippen LogP contribution >= 0.6 is 0 Å². The average molecular weight is 524 g/mol. The molecular weight excluding hydrogens is 482 g/mol. The van der Waals surface area contributed by atoms with E-state index in [-0.39, 0.29) is 12.1 Å². The van der Waals surface area contributed by atoms with Crippen molar-refractivity contribution in [1.29, 1.82) is 0 Å². The predicted molar refractivity (Wildman–Crippen MR) is 158 cm³/mol. The number of aryl methyl sites for hydroxylation is 1. The van der Waals surface area contributed by atoms with Crippen molar-refractivity contribution < 1.29 is 14.2 Å². The Kier molecular flexibility index (Phi) is 11.8. The molecule has 0 aliphatic carbocycles. The SMILES string of the molecule is COC(OC)[C@@H](C[C@@H](CCc1ccccc1)OCc1ccccc1)N(Cc1ccccc1)Cc1ccccc1. The van der Waals surface area contributed by atoms with Gasteiger partial charge in [0.05, 0.1) is 18.8 Å². The summed E-state index contributed by atoms with van der Waals surface area (Å²) in [6, 6.07) is 42.3. The maximum atomic E-state index is 6.63. The van der Waals surface area contributed by atoms with E-state index in [2.05, 4.69) is 120 Å². The van der Waals surface area contributed by atoms with Crippen LogP contribution < -0.4 is 0 Å². The number of benzene rings is 4. The number of rotatable bonds is 16. The maximum Gasteiger partial charge on any atom is 0.172 e. The van der Waals surface area contributed by atoms with Crippen LogP contribution in [0.4, 0.5) is 0 Å². The molecule has 0 aliphatic rings. The highest BCUT2D eigenvalue weighted by Crippen LogP contribution is 2.25. The Morgan fingerprint density at radius 1 is 0.564 bits per heavy atom. The summed E-state index contributed by atoms with van der Waals surface area (Å²) in [5.41, 5.74) is 5.02. The second-order valence-corrected chi connectivity index (χ2v) is 9.96. The van der Waals surface area contributed by atoms with E-state index in [1.807, 2.05) is 6.07 Å². The van der Waals surface area contributed by atoms with Crippen molar-refractivity contribution in [2.75, 3.05) is 14.2 Å². The van der Waals surface area contributed by atoms with Crippen molar-refractivity contribution in [3.8, 4) is 0 Å². The Hall–Kier alpha value is -3.28. The van der Waals surface area contributed by atoms with E-state index >= 15 is 0 Å². The van der Waals surface area contributed by atoms with E-state index in [0.29, 0.717) is 6.61 Å². The molecule has 4 aromatic carbocycles. The highest BCUT2D eigenvalue weighted by atomic mass is 16.7. The van der Waals surface area contributed by atoms with Gasteiger partial charge in [-0.2, -0.15) is 0 Å². The number of methoxy groups -OCH3 is 2. The van der Waals surface area contributed by atoms with Crippen molar-refractivity contribution in [1.82, 2.24) is 4.90 Å². The fourth-order valence-corrected chi connectivity index (χ4v) is 5.07. The van der Waals surface area contributed by atoms with E-state index in [9.17, 15) is 0 Å². The third-order valence-electron chi connectivity index (χ3n) is 7.14. The monoisotopic (exact) mass is 523 g/mol. The third kappa shape index (κ3) is 9.45. The van der Waals surface area contributed by atoms with Gasteiger partial charge in [0.2, 0.25) is 0 Å². The van der Waals surface area contributed by atoms with Crippen molar-refractivity contribution in [2.24, 2.45) is 0 Å². The van der Waals surface area contributed by atoms with Gasteiger partial charge in [-0.25, -0.2) is 0 Å². The normalized spacial score (nSPS) is 13.0. The zero-order chi connectivity index (χ0) is 27.1. The molecule has 0 saturated carbocycles. The second kappa shape index (κ2) is 16.0. The van der Waals surface area contributed by atoms with Gasteiger partial charge in [-0.15, -0.1) is 0 Å². The minimum atomic E-state index is -0.392. The molecule has 0 saturated heterocycles. The fourth-order valence-electron chi connectivity index (χ4n) is 5.07. The van der Waals surface area contributed by atoms with Gasteiger partial charge >= 0.3 is 0 Å². The molecule has 0 fully saturated rings. The van der Waals surface area contributed by atoms with Gasteiger partial charge in [-0.05, 0) is 41.5 Å². The van der Waals surface area contributed by atoms with Gasteiger partial charge in [-0.3, -0.25) is 4.90 Å². The highest BCUT2D eigenvalue weighted by Gasteiger charge is 2.31. The van der Waals surface area contributed by atoms with E-state index < -0.39 is 6.29 Å². The Morgan fingerprint density at radius 3 is 1.46 bits per heavy atom. The van der Waals surface area contributed by atoms with Crippen LogP contribution in [0.15, 0.2) is 121 Å². The van der Waals surface area contributed by atoms with Gasteiger partial charge in [0.1, 0.15) is 0 Å². The maximum absolute atomic E-state index is 6.63. The molecule has 39 heavy (non-hydrogen) atoms. The molecule has 4 nitrogen and oxygen atoms in total. The fraction of sp³-hybridized carbons (Fsp3) is 0.314. The Labute approximate surface area is 234 Å². The molecule has 4 heteroatoms. The largest absolute Gasteiger partial charge is 0.373 e. The van der Waals surface area contributed by atoms with Gasteiger partial charge in [0, 0.05) is 27.3 Å². The molecule has 0 bridgehead atoms. The quantitative estimate of drug-likeness (QED) is 0.144. The van der Waals surface area contributed by atoms with Crippen LogP contribution in [-0.2, 0) is 40.3 Å². The zero-order valence-corrected chi connectivity index (χ0v) is 23.2. The van der Waals surface area contributed by atoms with Gasteiger partial charge in [0.25, 0.3) is 0 Å². The van der Waals surface area contributed by atoms with Crippen LogP contribution in [0, 0.1) is 0 Å². The lowest BCUT2D eigenvalue weighted by molar-refractivity contribution is -0.160. The molecule has 0 radical (unpaired) electrons. The number of nitrogens with zero attached hydrogens (tertiary/aromatic N) is 1. The summed E-state index contributed by atoms with van der Waals surface area (Å²) in [6.07, 6.45) is 2.29. The summed E-state index contributed by atoms with van der Waals surface area (Å²) < 4.78 is 18.5. The van der Waals surface area contributed by atoms with E-state index in [4.69, 9.17) is 14.2 Å².